The van der Waals surface area contributed by atoms with Crippen molar-refractivity contribution in [2.45, 2.75) is 26.0 Å². The summed E-state index contributed by atoms with van der Waals surface area (Å²) in [5.41, 5.74) is 7.56. The lowest BCUT2D eigenvalue weighted by Crippen LogP contribution is -2.41. The third kappa shape index (κ3) is 5.14. The fourth-order valence-corrected chi connectivity index (χ4v) is 2.80. The van der Waals surface area contributed by atoms with E-state index in [0.29, 0.717) is 6.61 Å². The van der Waals surface area contributed by atoms with Crippen molar-refractivity contribution in [1.29, 1.82) is 0 Å². The first kappa shape index (κ1) is 19.5. The molecule has 28 heavy (non-hydrogen) atoms. The normalized spacial score (nSPS) is 11.8. The van der Waals surface area contributed by atoms with Crippen molar-refractivity contribution in [2.75, 3.05) is 6.54 Å². The maximum absolute atomic E-state index is 11.9. The van der Waals surface area contributed by atoms with Crippen molar-refractivity contribution in [3.63, 3.8) is 0 Å². The highest BCUT2D eigenvalue weighted by atomic mass is 16.5. The van der Waals surface area contributed by atoms with E-state index in [9.17, 15) is 9.59 Å². The largest absolute Gasteiger partial charge is 0.489 e. The number of ether oxygens (including phenoxy) is 1. The monoisotopic (exact) mass is 377 g/mol. The van der Waals surface area contributed by atoms with Crippen LogP contribution in [0.4, 0.5) is 0 Å². The molecule has 0 fully saturated rings. The molecule has 0 aliphatic carbocycles. The van der Waals surface area contributed by atoms with Gasteiger partial charge in [0, 0.05) is 24.3 Å². The van der Waals surface area contributed by atoms with E-state index in [4.69, 9.17) is 10.5 Å². The molecule has 3 rings (SSSR count). The lowest BCUT2D eigenvalue weighted by molar-refractivity contribution is -0.121. The lowest BCUT2D eigenvalue weighted by atomic mass is 10.1. The molecule has 0 aliphatic heterocycles. The van der Waals surface area contributed by atoms with Crippen LogP contribution in [0.5, 0.6) is 5.75 Å². The molecule has 144 valence electrons. The van der Waals surface area contributed by atoms with Crippen LogP contribution in [0.3, 0.4) is 0 Å². The second-order valence-electron chi connectivity index (χ2n) is 6.64. The summed E-state index contributed by atoms with van der Waals surface area (Å²) in [6.07, 6.45) is 3.83. The third-order valence-electron chi connectivity index (χ3n) is 4.49. The molecule has 6 heteroatoms. The van der Waals surface area contributed by atoms with E-state index >= 15 is 0 Å². The molecule has 0 radical (unpaired) electrons. The number of carbonyl (C=O) groups is 2. The Bertz CT molecular complexity index is 965. The number of hydrogen-bond acceptors (Lipinski definition) is 5. The summed E-state index contributed by atoms with van der Waals surface area (Å²) in [7, 11) is 0. The van der Waals surface area contributed by atoms with Gasteiger partial charge in [0.25, 0.3) is 0 Å². The summed E-state index contributed by atoms with van der Waals surface area (Å²) < 4.78 is 5.89. The molecule has 1 amide bonds. The summed E-state index contributed by atoms with van der Waals surface area (Å²) in [4.78, 5) is 27.2. The first-order chi connectivity index (χ1) is 13.5. The molecule has 1 aromatic heterocycles. The minimum absolute atomic E-state index is 0.149. The Kier molecular flexibility index (Phi) is 6.34. The number of carbonyl (C=O) groups excluding carboxylic acids is 2. The zero-order chi connectivity index (χ0) is 19.9. The fourth-order valence-electron chi connectivity index (χ4n) is 2.80. The second-order valence-corrected chi connectivity index (χ2v) is 6.64. The number of hydrogen-bond donors (Lipinski definition) is 2. The van der Waals surface area contributed by atoms with Crippen molar-refractivity contribution >= 4 is 22.5 Å². The van der Waals surface area contributed by atoms with E-state index in [1.165, 1.54) is 6.92 Å². The van der Waals surface area contributed by atoms with E-state index in [2.05, 4.69) is 10.3 Å². The SMILES string of the molecule is CC(=O)[C@@H](N)CNC(=O)Cc1ccc(OCc2cccc3cnccc23)cc1. The van der Waals surface area contributed by atoms with E-state index in [0.717, 1.165) is 27.6 Å². The first-order valence-corrected chi connectivity index (χ1v) is 9.09. The van der Waals surface area contributed by atoms with E-state index in [1.807, 2.05) is 54.7 Å². The molecule has 0 saturated heterocycles. The zero-order valence-electron chi connectivity index (χ0n) is 15.7. The van der Waals surface area contributed by atoms with Crippen molar-refractivity contribution in [3.05, 3.63) is 72.1 Å². The maximum Gasteiger partial charge on any atom is 0.224 e. The molecule has 6 nitrogen and oxygen atoms in total. The Morgan fingerprint density at radius 3 is 2.68 bits per heavy atom. The Morgan fingerprint density at radius 2 is 1.93 bits per heavy atom. The van der Waals surface area contributed by atoms with Crippen LogP contribution in [0.1, 0.15) is 18.1 Å². The summed E-state index contributed by atoms with van der Waals surface area (Å²) >= 11 is 0. The van der Waals surface area contributed by atoms with E-state index in [-0.39, 0.29) is 24.7 Å². The minimum Gasteiger partial charge on any atom is -0.489 e. The Labute approximate surface area is 163 Å². The number of nitrogens with zero attached hydrogens (tertiary/aromatic N) is 1. The van der Waals surface area contributed by atoms with Gasteiger partial charge in [0.1, 0.15) is 18.1 Å². The van der Waals surface area contributed by atoms with Gasteiger partial charge in [0.05, 0.1) is 12.5 Å². The van der Waals surface area contributed by atoms with Crippen LogP contribution in [0.25, 0.3) is 10.8 Å². The average Bonchev–Trinajstić information content (AvgIpc) is 2.71. The third-order valence-corrected chi connectivity index (χ3v) is 4.49. The van der Waals surface area contributed by atoms with Gasteiger partial charge in [-0.15, -0.1) is 0 Å². The van der Waals surface area contributed by atoms with Gasteiger partial charge < -0.3 is 15.8 Å². The summed E-state index contributed by atoms with van der Waals surface area (Å²) in [5, 5.41) is 4.87. The highest BCUT2D eigenvalue weighted by Gasteiger charge is 2.10. The van der Waals surface area contributed by atoms with Crippen LogP contribution in [0, 0.1) is 0 Å². The van der Waals surface area contributed by atoms with E-state index in [1.54, 1.807) is 6.20 Å². The number of Topliss-reactive ketones (excluding diaryl/α,β-unsaturated/α-hetero) is 1. The second kappa shape index (κ2) is 9.10. The number of rotatable bonds is 8. The smallest absolute Gasteiger partial charge is 0.224 e. The number of nitrogens with two attached hydrogens (primary N) is 1. The van der Waals surface area contributed by atoms with Crippen molar-refractivity contribution in [3.8, 4) is 5.75 Å². The predicted octanol–water partition coefficient (Wildman–Crippen LogP) is 2.39. The standard InChI is InChI=1S/C22H23N3O3/c1-15(26)21(23)13-25-22(27)11-16-5-7-19(8-6-16)28-14-18-4-2-3-17-12-24-10-9-20(17)18/h2-10,12,21H,11,13-14,23H2,1H3,(H,25,27)/t21-/m0/s1. The quantitative estimate of drug-likeness (QED) is 0.629. The Hall–Kier alpha value is -3.25. The highest BCUT2D eigenvalue weighted by Crippen LogP contribution is 2.20. The molecular weight excluding hydrogens is 354 g/mol. The van der Waals surface area contributed by atoms with Crippen molar-refractivity contribution in [2.24, 2.45) is 5.73 Å². The van der Waals surface area contributed by atoms with Crippen molar-refractivity contribution < 1.29 is 14.3 Å². The predicted molar refractivity (Wildman–Crippen MR) is 108 cm³/mol. The fraction of sp³-hybridized carbons (Fsp3) is 0.227. The van der Waals surface area contributed by atoms with Gasteiger partial charge in [0.15, 0.2) is 0 Å². The van der Waals surface area contributed by atoms with Gasteiger partial charge >= 0.3 is 0 Å². The topological polar surface area (TPSA) is 94.3 Å². The Morgan fingerprint density at radius 1 is 1.14 bits per heavy atom. The molecule has 3 aromatic rings. The zero-order valence-corrected chi connectivity index (χ0v) is 15.7. The maximum atomic E-state index is 11.9. The number of ketones is 1. The molecule has 0 unspecified atom stereocenters. The number of aromatic nitrogens is 1. The first-order valence-electron chi connectivity index (χ1n) is 9.09. The lowest BCUT2D eigenvalue weighted by Gasteiger charge is -2.11. The van der Waals surface area contributed by atoms with Crippen LogP contribution in [-0.2, 0) is 22.6 Å². The molecule has 3 N–H and O–H groups in total. The van der Waals surface area contributed by atoms with Crippen LogP contribution in [0.15, 0.2) is 60.9 Å². The van der Waals surface area contributed by atoms with E-state index < -0.39 is 6.04 Å². The van der Waals surface area contributed by atoms with Gasteiger partial charge in [-0.3, -0.25) is 14.6 Å². The highest BCUT2D eigenvalue weighted by molar-refractivity contribution is 5.85. The molecule has 0 spiro atoms. The molecule has 0 saturated carbocycles. The number of nitrogens with one attached hydrogen (secondary N) is 1. The van der Waals surface area contributed by atoms with Crippen LogP contribution in [0.2, 0.25) is 0 Å². The van der Waals surface area contributed by atoms with Gasteiger partial charge in [-0.2, -0.15) is 0 Å². The van der Waals surface area contributed by atoms with Crippen LogP contribution in [-0.4, -0.2) is 29.3 Å². The summed E-state index contributed by atoms with van der Waals surface area (Å²) in [6.45, 7) is 2.00. The summed E-state index contributed by atoms with van der Waals surface area (Å²) in [6, 6.07) is 14.8. The van der Waals surface area contributed by atoms with Gasteiger partial charge in [-0.25, -0.2) is 0 Å². The molecule has 1 atom stereocenters. The van der Waals surface area contributed by atoms with Crippen molar-refractivity contribution in [1.82, 2.24) is 10.3 Å². The minimum atomic E-state index is -0.662. The molecule has 0 bridgehead atoms. The molecule has 2 aromatic carbocycles. The summed E-state index contributed by atoms with van der Waals surface area (Å²) in [5.74, 6) is 0.410. The van der Waals surface area contributed by atoms with Crippen LogP contribution >= 0.6 is 0 Å². The molecular formula is C22H23N3O3. The number of pyridine rings is 1. The molecule has 1 heterocycles. The number of fused-ring (bicyclic) bond motifs is 1. The average molecular weight is 377 g/mol. The van der Waals surface area contributed by atoms with Gasteiger partial charge in [-0.1, -0.05) is 30.3 Å². The number of benzene rings is 2. The van der Waals surface area contributed by atoms with Gasteiger partial charge in [-0.05, 0) is 41.6 Å². The number of amides is 1. The van der Waals surface area contributed by atoms with Gasteiger partial charge in [0.2, 0.25) is 5.91 Å². The Balaban J connectivity index is 1.54. The van der Waals surface area contributed by atoms with Crippen LogP contribution < -0.4 is 15.8 Å². The molecule has 0 aliphatic rings.